The molecule has 0 aliphatic heterocycles. The maximum Gasteiger partial charge on any atom is 0.135 e. The quantitative estimate of drug-likeness (QED) is 0.254. The van der Waals surface area contributed by atoms with Crippen molar-refractivity contribution in [1.82, 2.24) is 15.0 Å². The average Bonchev–Trinajstić information content (AvgIpc) is 3.29. The largest absolute Gasteiger partial charge is 0.457 e. The summed E-state index contributed by atoms with van der Waals surface area (Å²) in [5, 5.41) is 15.1. The topological polar surface area (TPSA) is 78.0 Å². The molecule has 1 aromatic heterocycles. The molecule has 0 fully saturated rings. The van der Waals surface area contributed by atoms with E-state index in [0.29, 0.717) is 21.7 Å². The summed E-state index contributed by atoms with van der Waals surface area (Å²) < 4.78 is 6.14. The van der Waals surface area contributed by atoms with Crippen LogP contribution in [0.2, 0.25) is 5.02 Å². The number of nitrogens with two attached hydrogens (primary N) is 1. The fourth-order valence-corrected chi connectivity index (χ4v) is 4.09. The molecule has 3 N–H and O–H groups in total. The first-order valence-corrected chi connectivity index (χ1v) is 11.5. The van der Waals surface area contributed by atoms with Crippen molar-refractivity contribution in [3.63, 3.8) is 0 Å². The lowest BCUT2D eigenvalue weighted by atomic mass is 10.1. The van der Waals surface area contributed by atoms with Gasteiger partial charge in [0.25, 0.3) is 0 Å². The Hall–Kier alpha value is -4.55. The van der Waals surface area contributed by atoms with E-state index in [4.69, 9.17) is 22.1 Å². The standard InChI is InChI=1S/C28H20ClN5O/c29-24-16-26-27(17-25(24)30)33-34(32-26)21-12-8-19(9-13-21)31-20-10-14-22(15-11-20)35-28-7-3-5-18-4-1-2-6-23(18)28/h1-17,31H,30H2. The molecule has 0 atom stereocenters. The second-order valence-corrected chi connectivity index (χ2v) is 8.53. The van der Waals surface area contributed by atoms with E-state index in [1.807, 2.05) is 72.8 Å². The summed E-state index contributed by atoms with van der Waals surface area (Å²) in [5.74, 6) is 1.61. The third kappa shape index (κ3) is 4.23. The Morgan fingerprint density at radius 2 is 1.40 bits per heavy atom. The lowest BCUT2D eigenvalue weighted by molar-refractivity contribution is 0.488. The van der Waals surface area contributed by atoms with Gasteiger partial charge < -0.3 is 15.8 Å². The van der Waals surface area contributed by atoms with Crippen molar-refractivity contribution in [2.24, 2.45) is 0 Å². The van der Waals surface area contributed by atoms with Gasteiger partial charge in [-0.05, 0) is 72.1 Å². The Labute approximate surface area is 206 Å². The number of hydrogen-bond donors (Lipinski definition) is 2. The third-order valence-corrected chi connectivity index (χ3v) is 6.04. The van der Waals surface area contributed by atoms with Crippen LogP contribution in [0.25, 0.3) is 27.5 Å². The fourth-order valence-electron chi connectivity index (χ4n) is 3.93. The van der Waals surface area contributed by atoms with Crippen molar-refractivity contribution in [3.05, 3.63) is 108 Å². The molecule has 0 radical (unpaired) electrons. The molecule has 6 aromatic rings. The molecular weight excluding hydrogens is 458 g/mol. The zero-order valence-corrected chi connectivity index (χ0v) is 19.3. The first-order valence-electron chi connectivity index (χ1n) is 11.1. The van der Waals surface area contributed by atoms with Crippen molar-refractivity contribution in [2.75, 3.05) is 11.1 Å². The summed E-state index contributed by atoms with van der Waals surface area (Å²) in [7, 11) is 0. The number of anilines is 3. The molecule has 0 aliphatic carbocycles. The molecule has 6 rings (SSSR count). The van der Waals surface area contributed by atoms with Gasteiger partial charge in [-0.2, -0.15) is 4.80 Å². The highest BCUT2D eigenvalue weighted by Gasteiger charge is 2.08. The Bertz CT molecular complexity index is 1620. The van der Waals surface area contributed by atoms with E-state index >= 15 is 0 Å². The number of ether oxygens (including phenoxy) is 1. The van der Waals surface area contributed by atoms with Crippen LogP contribution in [-0.4, -0.2) is 15.0 Å². The number of nitrogen functional groups attached to an aromatic ring is 1. The number of nitrogens with zero attached hydrogens (tertiary/aromatic N) is 3. The van der Waals surface area contributed by atoms with Crippen LogP contribution in [0.15, 0.2) is 103 Å². The normalized spacial score (nSPS) is 11.1. The van der Waals surface area contributed by atoms with Crippen molar-refractivity contribution < 1.29 is 4.74 Å². The molecule has 0 spiro atoms. The number of fused-ring (bicyclic) bond motifs is 2. The maximum atomic E-state index is 6.14. The molecule has 0 saturated heterocycles. The van der Waals surface area contributed by atoms with Crippen LogP contribution in [0.5, 0.6) is 11.5 Å². The third-order valence-electron chi connectivity index (χ3n) is 5.72. The van der Waals surface area contributed by atoms with E-state index in [1.165, 1.54) is 0 Å². The number of rotatable bonds is 5. The van der Waals surface area contributed by atoms with E-state index in [1.54, 1.807) is 16.9 Å². The van der Waals surface area contributed by atoms with Gasteiger partial charge in [0.05, 0.1) is 16.4 Å². The second kappa shape index (κ2) is 8.66. The summed E-state index contributed by atoms with van der Waals surface area (Å²) in [6.45, 7) is 0. The van der Waals surface area contributed by atoms with E-state index in [0.717, 1.165) is 39.3 Å². The molecule has 0 unspecified atom stereocenters. The van der Waals surface area contributed by atoms with E-state index < -0.39 is 0 Å². The van der Waals surface area contributed by atoms with Crippen LogP contribution in [0.3, 0.4) is 0 Å². The zero-order valence-electron chi connectivity index (χ0n) is 18.5. The van der Waals surface area contributed by atoms with E-state index in [-0.39, 0.29) is 0 Å². The zero-order chi connectivity index (χ0) is 23.8. The van der Waals surface area contributed by atoms with Crippen molar-refractivity contribution in [3.8, 4) is 17.2 Å². The van der Waals surface area contributed by atoms with Gasteiger partial charge in [0, 0.05) is 16.8 Å². The SMILES string of the molecule is Nc1cc2nn(-c3ccc(Nc4ccc(Oc5cccc6ccccc56)cc4)cc3)nc2cc1Cl. The van der Waals surface area contributed by atoms with Gasteiger partial charge >= 0.3 is 0 Å². The smallest absolute Gasteiger partial charge is 0.135 e. The maximum absolute atomic E-state index is 6.14. The molecule has 7 heteroatoms. The van der Waals surface area contributed by atoms with Gasteiger partial charge in [0.2, 0.25) is 0 Å². The molecule has 35 heavy (non-hydrogen) atoms. The monoisotopic (exact) mass is 477 g/mol. The van der Waals surface area contributed by atoms with Gasteiger partial charge in [-0.3, -0.25) is 0 Å². The highest BCUT2D eigenvalue weighted by atomic mass is 35.5. The van der Waals surface area contributed by atoms with Crippen LogP contribution in [0, 0.1) is 0 Å². The Morgan fingerprint density at radius 1 is 0.743 bits per heavy atom. The summed E-state index contributed by atoms with van der Waals surface area (Å²) in [6.07, 6.45) is 0. The molecule has 0 saturated carbocycles. The minimum absolute atomic E-state index is 0.470. The van der Waals surface area contributed by atoms with Gasteiger partial charge in [-0.1, -0.05) is 48.0 Å². The molecule has 170 valence electrons. The molecule has 5 aromatic carbocycles. The average molecular weight is 478 g/mol. The van der Waals surface area contributed by atoms with Crippen molar-refractivity contribution in [2.45, 2.75) is 0 Å². The van der Waals surface area contributed by atoms with Gasteiger partial charge in [0.15, 0.2) is 0 Å². The lowest BCUT2D eigenvalue weighted by Crippen LogP contribution is -1.98. The van der Waals surface area contributed by atoms with Crippen LogP contribution >= 0.6 is 11.6 Å². The van der Waals surface area contributed by atoms with Gasteiger partial charge in [0.1, 0.15) is 22.5 Å². The second-order valence-electron chi connectivity index (χ2n) is 8.13. The molecule has 0 bridgehead atoms. The van der Waals surface area contributed by atoms with Gasteiger partial charge in [-0.15, -0.1) is 10.2 Å². The Balaban J connectivity index is 1.16. The van der Waals surface area contributed by atoms with Crippen LogP contribution < -0.4 is 15.8 Å². The first-order chi connectivity index (χ1) is 17.1. The number of aromatic nitrogens is 3. The summed E-state index contributed by atoms with van der Waals surface area (Å²) >= 11 is 6.10. The van der Waals surface area contributed by atoms with Crippen LogP contribution in [0.4, 0.5) is 17.1 Å². The summed E-state index contributed by atoms with van der Waals surface area (Å²) in [6, 6.07) is 33.4. The Kier molecular flexibility index (Phi) is 5.20. The van der Waals surface area contributed by atoms with E-state index in [9.17, 15) is 0 Å². The van der Waals surface area contributed by atoms with Crippen molar-refractivity contribution in [1.29, 1.82) is 0 Å². The summed E-state index contributed by atoms with van der Waals surface area (Å²) in [5.41, 5.74) is 10.5. The highest BCUT2D eigenvalue weighted by Crippen LogP contribution is 2.31. The lowest BCUT2D eigenvalue weighted by Gasteiger charge is -2.11. The molecule has 0 amide bonds. The molecule has 1 heterocycles. The molecule has 0 aliphatic rings. The number of nitrogens with one attached hydrogen (secondary N) is 1. The van der Waals surface area contributed by atoms with Crippen molar-refractivity contribution >= 4 is 50.5 Å². The fraction of sp³-hybridized carbons (Fsp3) is 0. The predicted octanol–water partition coefficient (Wildman–Crippen LogP) is 7.35. The minimum atomic E-state index is 0.470. The van der Waals surface area contributed by atoms with Crippen LogP contribution in [0.1, 0.15) is 0 Å². The van der Waals surface area contributed by atoms with E-state index in [2.05, 4.69) is 33.7 Å². The first kappa shape index (κ1) is 21.0. The summed E-state index contributed by atoms with van der Waals surface area (Å²) in [4.78, 5) is 1.57. The van der Waals surface area contributed by atoms with Gasteiger partial charge in [-0.25, -0.2) is 0 Å². The Morgan fingerprint density at radius 3 is 2.17 bits per heavy atom. The van der Waals surface area contributed by atoms with Crippen LogP contribution in [-0.2, 0) is 0 Å². The molecular formula is C28H20ClN5O. The number of benzene rings is 5. The highest BCUT2D eigenvalue weighted by molar-refractivity contribution is 6.33. The molecule has 6 nitrogen and oxygen atoms in total. The minimum Gasteiger partial charge on any atom is -0.457 e. The predicted molar refractivity (Wildman–Crippen MR) is 142 cm³/mol. The number of halogens is 1. The number of hydrogen-bond acceptors (Lipinski definition) is 5.